The Hall–Kier alpha value is -2.03. The topological polar surface area (TPSA) is 53.6 Å². The fourth-order valence-corrected chi connectivity index (χ4v) is 2.10. The van der Waals surface area contributed by atoms with E-state index in [2.05, 4.69) is 21.5 Å². The van der Waals surface area contributed by atoms with Crippen molar-refractivity contribution in [3.8, 4) is 12.3 Å². The molecule has 2 N–H and O–H groups in total. The van der Waals surface area contributed by atoms with Crippen molar-refractivity contribution in [1.29, 1.82) is 0 Å². The predicted octanol–water partition coefficient (Wildman–Crippen LogP) is 0.684. The van der Waals surface area contributed by atoms with Crippen LogP contribution in [0.15, 0.2) is 24.3 Å². The van der Waals surface area contributed by atoms with Crippen molar-refractivity contribution >= 4 is 17.3 Å². The average molecular weight is 273 g/mol. The number of hydrogen-bond acceptors (Lipinski definition) is 4. The second-order valence-corrected chi connectivity index (χ2v) is 4.47. The molecule has 0 bridgehead atoms. The Morgan fingerprint density at radius 3 is 2.85 bits per heavy atom. The van der Waals surface area contributed by atoms with Gasteiger partial charge in [-0.2, -0.15) is 0 Å². The number of carbonyl (C=O) groups excluding carboxylic acids is 1. The zero-order valence-electron chi connectivity index (χ0n) is 11.4. The molecule has 1 amide bonds. The van der Waals surface area contributed by atoms with Crippen LogP contribution in [0.25, 0.3) is 0 Å². The molecule has 0 saturated carbocycles. The Kier molecular flexibility index (Phi) is 5.42. The fraction of sp³-hybridized carbons (Fsp3) is 0.400. The molecule has 1 aromatic carbocycles. The first-order valence-electron chi connectivity index (χ1n) is 6.67. The first-order chi connectivity index (χ1) is 9.81. The molecular weight excluding hydrogens is 254 g/mol. The highest BCUT2D eigenvalue weighted by Crippen LogP contribution is 2.26. The molecule has 5 nitrogen and oxygen atoms in total. The molecular formula is C15H19N3O2. The van der Waals surface area contributed by atoms with Gasteiger partial charge in [0.05, 0.1) is 37.7 Å². The van der Waals surface area contributed by atoms with Gasteiger partial charge in [0.1, 0.15) is 0 Å². The van der Waals surface area contributed by atoms with E-state index < -0.39 is 0 Å². The van der Waals surface area contributed by atoms with Gasteiger partial charge in [-0.15, -0.1) is 6.42 Å². The normalized spacial score (nSPS) is 14.7. The molecule has 0 spiro atoms. The van der Waals surface area contributed by atoms with Crippen molar-refractivity contribution in [1.82, 2.24) is 5.32 Å². The minimum absolute atomic E-state index is 0.0963. The van der Waals surface area contributed by atoms with Crippen LogP contribution in [0.1, 0.15) is 0 Å². The molecule has 2 rings (SSSR count). The van der Waals surface area contributed by atoms with Gasteiger partial charge in [-0.1, -0.05) is 18.1 Å². The number of nitrogens with zero attached hydrogens (tertiary/aromatic N) is 1. The number of nitrogens with one attached hydrogen (secondary N) is 2. The summed E-state index contributed by atoms with van der Waals surface area (Å²) in [5, 5.41) is 5.79. The van der Waals surface area contributed by atoms with Gasteiger partial charge in [0.15, 0.2) is 0 Å². The first kappa shape index (κ1) is 14.4. The summed E-state index contributed by atoms with van der Waals surface area (Å²) in [4.78, 5) is 14.1. The molecule has 0 aliphatic carbocycles. The van der Waals surface area contributed by atoms with Crippen molar-refractivity contribution in [2.45, 2.75) is 0 Å². The van der Waals surface area contributed by atoms with Crippen LogP contribution in [0.5, 0.6) is 0 Å². The van der Waals surface area contributed by atoms with E-state index >= 15 is 0 Å². The van der Waals surface area contributed by atoms with Crippen molar-refractivity contribution in [3.63, 3.8) is 0 Å². The Balaban J connectivity index is 2.00. The highest BCUT2D eigenvalue weighted by atomic mass is 16.5. The van der Waals surface area contributed by atoms with Gasteiger partial charge < -0.3 is 15.0 Å². The number of ether oxygens (including phenoxy) is 1. The number of rotatable bonds is 5. The van der Waals surface area contributed by atoms with Crippen LogP contribution < -0.4 is 15.5 Å². The van der Waals surface area contributed by atoms with Crippen LogP contribution >= 0.6 is 0 Å². The van der Waals surface area contributed by atoms with E-state index in [0.717, 1.165) is 24.5 Å². The quantitative estimate of drug-likeness (QED) is 0.612. The molecule has 1 aliphatic heterocycles. The maximum absolute atomic E-state index is 11.8. The molecule has 1 fully saturated rings. The number of terminal acetylenes is 1. The molecule has 1 heterocycles. The second kappa shape index (κ2) is 7.53. The van der Waals surface area contributed by atoms with E-state index in [4.69, 9.17) is 11.2 Å². The second-order valence-electron chi connectivity index (χ2n) is 4.47. The molecule has 1 aromatic rings. The van der Waals surface area contributed by atoms with Crippen LogP contribution in [0.4, 0.5) is 11.4 Å². The third-order valence-electron chi connectivity index (χ3n) is 3.04. The molecule has 0 unspecified atom stereocenters. The van der Waals surface area contributed by atoms with E-state index in [0.29, 0.717) is 19.8 Å². The maximum Gasteiger partial charge on any atom is 0.238 e. The minimum Gasteiger partial charge on any atom is -0.378 e. The lowest BCUT2D eigenvalue weighted by Crippen LogP contribution is -2.37. The summed E-state index contributed by atoms with van der Waals surface area (Å²) >= 11 is 0. The van der Waals surface area contributed by atoms with Crippen LogP contribution in [0.3, 0.4) is 0 Å². The average Bonchev–Trinajstić information content (AvgIpc) is 2.49. The minimum atomic E-state index is -0.0963. The molecule has 0 radical (unpaired) electrons. The zero-order valence-corrected chi connectivity index (χ0v) is 11.4. The van der Waals surface area contributed by atoms with E-state index in [1.165, 1.54) is 0 Å². The number of para-hydroxylation sites is 2. The Labute approximate surface area is 119 Å². The lowest BCUT2D eigenvalue weighted by molar-refractivity contribution is -0.115. The molecule has 1 saturated heterocycles. The molecule has 5 heteroatoms. The van der Waals surface area contributed by atoms with Gasteiger partial charge in [-0.3, -0.25) is 10.1 Å². The van der Waals surface area contributed by atoms with E-state index in [1.807, 2.05) is 24.3 Å². The monoisotopic (exact) mass is 273 g/mol. The Bertz CT molecular complexity index is 490. The van der Waals surface area contributed by atoms with Gasteiger partial charge in [-0.05, 0) is 12.1 Å². The predicted molar refractivity (Wildman–Crippen MR) is 79.8 cm³/mol. The largest absolute Gasteiger partial charge is 0.378 e. The summed E-state index contributed by atoms with van der Waals surface area (Å²) in [5.41, 5.74) is 1.85. The maximum atomic E-state index is 11.8. The molecule has 106 valence electrons. The van der Waals surface area contributed by atoms with Gasteiger partial charge in [0.25, 0.3) is 0 Å². The zero-order chi connectivity index (χ0) is 14.2. The Morgan fingerprint density at radius 1 is 1.35 bits per heavy atom. The van der Waals surface area contributed by atoms with Crippen LogP contribution in [-0.2, 0) is 9.53 Å². The summed E-state index contributed by atoms with van der Waals surface area (Å²) in [6.45, 7) is 3.70. The standard InChI is InChI=1S/C15H19N3O2/c1-2-7-16-12-15(19)17-13-5-3-4-6-14(13)18-8-10-20-11-9-18/h1,3-6,16H,7-12H2,(H,17,19). The molecule has 0 atom stereocenters. The molecule has 1 aliphatic rings. The van der Waals surface area contributed by atoms with Crippen LogP contribution in [0, 0.1) is 12.3 Å². The number of anilines is 2. The summed E-state index contributed by atoms with van der Waals surface area (Å²) < 4.78 is 5.35. The van der Waals surface area contributed by atoms with Gasteiger partial charge in [0.2, 0.25) is 5.91 Å². The van der Waals surface area contributed by atoms with Crippen LogP contribution in [0.2, 0.25) is 0 Å². The van der Waals surface area contributed by atoms with Crippen molar-refractivity contribution in [2.24, 2.45) is 0 Å². The third-order valence-corrected chi connectivity index (χ3v) is 3.04. The highest BCUT2D eigenvalue weighted by molar-refractivity contribution is 5.95. The Morgan fingerprint density at radius 2 is 2.10 bits per heavy atom. The number of benzene rings is 1. The molecule has 0 aromatic heterocycles. The lowest BCUT2D eigenvalue weighted by Gasteiger charge is -2.30. The van der Waals surface area contributed by atoms with Crippen molar-refractivity contribution < 1.29 is 9.53 Å². The highest BCUT2D eigenvalue weighted by Gasteiger charge is 2.15. The number of amides is 1. The van der Waals surface area contributed by atoms with E-state index in [1.54, 1.807) is 0 Å². The lowest BCUT2D eigenvalue weighted by atomic mass is 10.2. The summed E-state index contributed by atoms with van der Waals surface area (Å²) in [6, 6.07) is 7.80. The van der Waals surface area contributed by atoms with Crippen LogP contribution in [-0.4, -0.2) is 45.3 Å². The number of hydrogen-bond donors (Lipinski definition) is 2. The van der Waals surface area contributed by atoms with Crippen molar-refractivity contribution in [3.05, 3.63) is 24.3 Å². The summed E-state index contributed by atoms with van der Waals surface area (Å²) in [6.07, 6.45) is 5.13. The van der Waals surface area contributed by atoms with E-state index in [9.17, 15) is 4.79 Å². The van der Waals surface area contributed by atoms with Gasteiger partial charge >= 0.3 is 0 Å². The third kappa shape index (κ3) is 3.98. The smallest absolute Gasteiger partial charge is 0.238 e. The van der Waals surface area contributed by atoms with Gasteiger partial charge in [0, 0.05) is 13.1 Å². The fourth-order valence-electron chi connectivity index (χ4n) is 2.10. The van der Waals surface area contributed by atoms with Gasteiger partial charge in [-0.25, -0.2) is 0 Å². The first-order valence-corrected chi connectivity index (χ1v) is 6.67. The summed E-state index contributed by atoms with van der Waals surface area (Å²) in [5.74, 6) is 2.34. The number of morpholine rings is 1. The number of carbonyl (C=O) groups is 1. The molecule has 20 heavy (non-hydrogen) atoms. The summed E-state index contributed by atoms with van der Waals surface area (Å²) in [7, 11) is 0. The van der Waals surface area contributed by atoms with E-state index in [-0.39, 0.29) is 12.5 Å². The SMILES string of the molecule is C#CCNCC(=O)Nc1ccccc1N1CCOCC1. The van der Waals surface area contributed by atoms with Crippen molar-refractivity contribution in [2.75, 3.05) is 49.6 Å².